The fourth-order valence-corrected chi connectivity index (χ4v) is 2.95. The van der Waals surface area contributed by atoms with Crippen LogP contribution in [0.4, 0.5) is 5.82 Å². The number of ether oxygens (including phenoxy) is 1. The summed E-state index contributed by atoms with van der Waals surface area (Å²) in [5.74, 6) is 1.73. The minimum Gasteiger partial charge on any atom is -0.492 e. The van der Waals surface area contributed by atoms with Crippen LogP contribution in [0.5, 0.6) is 5.75 Å². The second kappa shape index (κ2) is 8.32. The van der Waals surface area contributed by atoms with E-state index in [1.54, 1.807) is 6.20 Å². The van der Waals surface area contributed by atoms with E-state index >= 15 is 0 Å². The van der Waals surface area contributed by atoms with Crippen molar-refractivity contribution in [2.24, 2.45) is 0 Å². The zero-order valence-corrected chi connectivity index (χ0v) is 13.8. The predicted molar refractivity (Wildman–Crippen MR) is 94.2 cm³/mol. The number of rotatable bonds is 5. The molecule has 0 radical (unpaired) electrons. The lowest BCUT2D eigenvalue weighted by atomic mass is 10.2. The number of anilines is 1. The van der Waals surface area contributed by atoms with E-state index in [1.165, 1.54) is 0 Å². The van der Waals surface area contributed by atoms with Crippen LogP contribution in [0.2, 0.25) is 0 Å². The van der Waals surface area contributed by atoms with Crippen LogP contribution in [0.1, 0.15) is 12.0 Å². The molecule has 3 rings (SSSR count). The molecular formula is C19H22N4O. The van der Waals surface area contributed by atoms with Crippen LogP contribution in [0.3, 0.4) is 0 Å². The normalized spacial score (nSPS) is 15.5. The van der Waals surface area contributed by atoms with Crippen molar-refractivity contribution in [1.29, 1.82) is 5.26 Å². The van der Waals surface area contributed by atoms with Crippen molar-refractivity contribution in [3.8, 4) is 11.8 Å². The number of aromatic nitrogens is 1. The molecule has 0 amide bonds. The van der Waals surface area contributed by atoms with Crippen LogP contribution < -0.4 is 9.64 Å². The minimum absolute atomic E-state index is 0.651. The first-order valence-electron chi connectivity index (χ1n) is 8.37. The fraction of sp³-hybridized carbons (Fsp3) is 0.368. The number of pyridine rings is 1. The van der Waals surface area contributed by atoms with E-state index in [4.69, 9.17) is 4.74 Å². The Morgan fingerprint density at radius 3 is 2.75 bits per heavy atom. The van der Waals surface area contributed by atoms with Gasteiger partial charge in [-0.1, -0.05) is 18.2 Å². The van der Waals surface area contributed by atoms with Crippen molar-refractivity contribution in [2.45, 2.75) is 6.42 Å². The number of nitriles is 1. The Labute approximate surface area is 143 Å². The maximum Gasteiger partial charge on any atom is 0.146 e. The van der Waals surface area contributed by atoms with Crippen molar-refractivity contribution in [1.82, 2.24) is 9.88 Å². The van der Waals surface area contributed by atoms with E-state index < -0.39 is 0 Å². The second-order valence-corrected chi connectivity index (χ2v) is 5.83. The first kappa shape index (κ1) is 16.3. The zero-order valence-electron chi connectivity index (χ0n) is 13.8. The molecule has 1 aromatic carbocycles. The molecule has 1 saturated heterocycles. The molecule has 1 fully saturated rings. The van der Waals surface area contributed by atoms with Crippen LogP contribution in [0, 0.1) is 11.3 Å². The summed E-state index contributed by atoms with van der Waals surface area (Å²) < 4.78 is 5.79. The molecule has 124 valence electrons. The van der Waals surface area contributed by atoms with Gasteiger partial charge >= 0.3 is 0 Å². The molecule has 0 N–H and O–H groups in total. The largest absolute Gasteiger partial charge is 0.492 e. The van der Waals surface area contributed by atoms with Gasteiger partial charge in [0.05, 0.1) is 5.56 Å². The average Bonchev–Trinajstić information content (AvgIpc) is 2.88. The van der Waals surface area contributed by atoms with E-state index in [0.717, 1.165) is 50.7 Å². The van der Waals surface area contributed by atoms with Crippen LogP contribution in [-0.4, -0.2) is 49.2 Å². The van der Waals surface area contributed by atoms with Gasteiger partial charge in [0.2, 0.25) is 0 Å². The Bertz CT molecular complexity index is 683. The van der Waals surface area contributed by atoms with Crippen LogP contribution in [0.25, 0.3) is 0 Å². The maximum atomic E-state index is 9.25. The summed E-state index contributed by atoms with van der Waals surface area (Å²) in [6.45, 7) is 5.43. The molecule has 2 heterocycles. The molecule has 0 spiro atoms. The summed E-state index contributed by atoms with van der Waals surface area (Å²) in [5, 5.41) is 9.25. The van der Waals surface area contributed by atoms with Gasteiger partial charge in [0.15, 0.2) is 0 Å². The molecule has 0 bridgehead atoms. The fourth-order valence-electron chi connectivity index (χ4n) is 2.95. The van der Waals surface area contributed by atoms with Crippen molar-refractivity contribution in [3.63, 3.8) is 0 Å². The Balaban J connectivity index is 1.51. The zero-order chi connectivity index (χ0) is 16.6. The monoisotopic (exact) mass is 322 g/mol. The molecule has 1 aromatic heterocycles. The summed E-state index contributed by atoms with van der Waals surface area (Å²) in [5.41, 5.74) is 0.651. The molecule has 0 atom stereocenters. The van der Waals surface area contributed by atoms with Crippen LogP contribution in [-0.2, 0) is 0 Å². The molecule has 5 nitrogen and oxygen atoms in total. The molecule has 24 heavy (non-hydrogen) atoms. The quantitative estimate of drug-likeness (QED) is 0.847. The summed E-state index contributed by atoms with van der Waals surface area (Å²) in [6.07, 6.45) is 2.82. The van der Waals surface area contributed by atoms with E-state index in [1.807, 2.05) is 42.5 Å². The number of para-hydroxylation sites is 1. The van der Waals surface area contributed by atoms with Gasteiger partial charge in [0, 0.05) is 38.9 Å². The molecule has 1 aliphatic heterocycles. The topological polar surface area (TPSA) is 52.4 Å². The predicted octanol–water partition coefficient (Wildman–Crippen LogP) is 2.54. The van der Waals surface area contributed by atoms with Gasteiger partial charge in [-0.3, -0.25) is 4.90 Å². The molecule has 0 aliphatic carbocycles. The van der Waals surface area contributed by atoms with Gasteiger partial charge in [-0.25, -0.2) is 4.98 Å². The van der Waals surface area contributed by atoms with Gasteiger partial charge in [0.25, 0.3) is 0 Å². The first-order chi connectivity index (χ1) is 11.9. The molecular weight excluding hydrogens is 300 g/mol. The number of nitrogens with zero attached hydrogens (tertiary/aromatic N) is 4. The van der Waals surface area contributed by atoms with Gasteiger partial charge < -0.3 is 9.64 Å². The van der Waals surface area contributed by atoms with E-state index in [-0.39, 0.29) is 0 Å². The highest BCUT2D eigenvalue weighted by molar-refractivity contribution is 5.53. The summed E-state index contributed by atoms with van der Waals surface area (Å²) in [6, 6.07) is 15.8. The minimum atomic E-state index is 0.651. The molecule has 1 aliphatic rings. The third-order valence-electron chi connectivity index (χ3n) is 4.21. The van der Waals surface area contributed by atoms with Crippen molar-refractivity contribution < 1.29 is 4.74 Å². The number of hydrogen-bond acceptors (Lipinski definition) is 5. The average molecular weight is 322 g/mol. The highest BCUT2D eigenvalue weighted by Gasteiger charge is 2.18. The lowest BCUT2D eigenvalue weighted by Gasteiger charge is -2.23. The Morgan fingerprint density at radius 2 is 1.92 bits per heavy atom. The highest BCUT2D eigenvalue weighted by atomic mass is 16.5. The number of benzene rings is 1. The molecule has 2 aromatic rings. The lowest BCUT2D eigenvalue weighted by molar-refractivity contribution is 0.218. The highest BCUT2D eigenvalue weighted by Crippen LogP contribution is 2.18. The Hall–Kier alpha value is -2.58. The summed E-state index contributed by atoms with van der Waals surface area (Å²) in [7, 11) is 0. The van der Waals surface area contributed by atoms with Gasteiger partial charge in [-0.15, -0.1) is 0 Å². The number of hydrogen-bond donors (Lipinski definition) is 0. The molecule has 5 heteroatoms. The van der Waals surface area contributed by atoms with Gasteiger partial charge in [-0.2, -0.15) is 5.26 Å². The van der Waals surface area contributed by atoms with Crippen LogP contribution in [0.15, 0.2) is 48.7 Å². The van der Waals surface area contributed by atoms with Crippen molar-refractivity contribution >= 4 is 5.82 Å². The molecule has 0 saturated carbocycles. The smallest absolute Gasteiger partial charge is 0.146 e. The van der Waals surface area contributed by atoms with Crippen molar-refractivity contribution in [2.75, 3.05) is 44.2 Å². The second-order valence-electron chi connectivity index (χ2n) is 5.83. The maximum absolute atomic E-state index is 9.25. The van der Waals surface area contributed by atoms with Gasteiger partial charge in [0.1, 0.15) is 24.2 Å². The summed E-state index contributed by atoms with van der Waals surface area (Å²) in [4.78, 5) is 9.04. The molecule has 0 unspecified atom stereocenters. The van der Waals surface area contributed by atoms with Gasteiger partial charge in [-0.05, 0) is 30.7 Å². The standard InChI is InChI=1S/C19H22N4O/c20-16-17-6-4-9-21-19(17)23-11-5-10-22(12-13-23)14-15-24-18-7-2-1-3-8-18/h1-4,6-9H,5,10-15H2. The van der Waals surface area contributed by atoms with E-state index in [0.29, 0.717) is 12.2 Å². The Morgan fingerprint density at radius 1 is 1.04 bits per heavy atom. The lowest BCUT2D eigenvalue weighted by Crippen LogP contribution is -2.33. The van der Waals surface area contributed by atoms with E-state index in [9.17, 15) is 5.26 Å². The van der Waals surface area contributed by atoms with Crippen LogP contribution >= 0.6 is 0 Å². The summed E-state index contributed by atoms with van der Waals surface area (Å²) >= 11 is 0. The third-order valence-corrected chi connectivity index (χ3v) is 4.21. The van der Waals surface area contributed by atoms with Crippen molar-refractivity contribution in [3.05, 3.63) is 54.2 Å². The first-order valence-corrected chi connectivity index (χ1v) is 8.37. The Kier molecular flexibility index (Phi) is 5.65. The SMILES string of the molecule is N#Cc1cccnc1N1CCCN(CCOc2ccccc2)CC1. The third kappa shape index (κ3) is 4.24. The van der Waals surface area contributed by atoms with E-state index in [2.05, 4.69) is 20.9 Å².